The van der Waals surface area contributed by atoms with Crippen LogP contribution in [0.15, 0.2) is 18.2 Å². The van der Waals surface area contributed by atoms with Gasteiger partial charge in [-0.05, 0) is 50.8 Å². The molecule has 130 valence electrons. The molecule has 0 aliphatic heterocycles. The monoisotopic (exact) mass is 348 g/mol. The largest absolute Gasteiger partial charge is 0.393 e. The number of aliphatic hydroxyl groups is 1. The number of quaternary nitrogens is 1. The van der Waals surface area contributed by atoms with Crippen LogP contribution in [0.4, 0.5) is 0 Å². The lowest BCUT2D eigenvalue weighted by molar-refractivity contribution is -0.707. The van der Waals surface area contributed by atoms with Crippen LogP contribution in [-0.2, 0) is 6.54 Å². The van der Waals surface area contributed by atoms with Crippen LogP contribution in [0.25, 0.3) is 5.69 Å². The molecule has 1 aliphatic rings. The third kappa shape index (κ3) is 3.66. The first-order valence-electron chi connectivity index (χ1n) is 8.78. The Morgan fingerprint density at radius 1 is 1.21 bits per heavy atom. The summed E-state index contributed by atoms with van der Waals surface area (Å²) in [7, 11) is 0. The van der Waals surface area contributed by atoms with Crippen LogP contribution in [0.5, 0.6) is 0 Å². The molecular weight excluding hydrogens is 322 g/mol. The summed E-state index contributed by atoms with van der Waals surface area (Å²) in [6.45, 7) is 7.04. The van der Waals surface area contributed by atoms with E-state index in [1.54, 1.807) is 0 Å². The minimum absolute atomic E-state index is 0.105. The molecule has 1 heterocycles. The maximum absolute atomic E-state index is 9.63. The van der Waals surface area contributed by atoms with Crippen molar-refractivity contribution in [1.82, 2.24) is 9.78 Å². The van der Waals surface area contributed by atoms with Crippen molar-refractivity contribution >= 4 is 11.6 Å². The zero-order valence-corrected chi connectivity index (χ0v) is 15.5. The topological polar surface area (TPSA) is 54.7 Å². The Labute approximate surface area is 148 Å². The first-order valence-corrected chi connectivity index (χ1v) is 9.16. The highest BCUT2D eigenvalue weighted by molar-refractivity contribution is 6.30. The van der Waals surface area contributed by atoms with Gasteiger partial charge >= 0.3 is 0 Å². The minimum atomic E-state index is -0.105. The summed E-state index contributed by atoms with van der Waals surface area (Å²) in [5.41, 5.74) is 5.53. The van der Waals surface area contributed by atoms with Crippen LogP contribution < -0.4 is 5.32 Å². The van der Waals surface area contributed by atoms with E-state index in [4.69, 9.17) is 11.6 Å². The van der Waals surface area contributed by atoms with E-state index < -0.39 is 0 Å². The summed E-state index contributed by atoms with van der Waals surface area (Å²) in [4.78, 5) is 0. The molecule has 0 amide bonds. The van der Waals surface area contributed by atoms with Crippen LogP contribution >= 0.6 is 11.6 Å². The van der Waals surface area contributed by atoms with Gasteiger partial charge in [-0.1, -0.05) is 23.7 Å². The zero-order chi connectivity index (χ0) is 17.3. The predicted molar refractivity (Wildman–Crippen MR) is 96.7 cm³/mol. The normalized spacial score (nSPS) is 21.2. The Bertz CT molecular complexity index is 718. The third-order valence-electron chi connectivity index (χ3n) is 5.11. The molecule has 0 spiro atoms. The van der Waals surface area contributed by atoms with Gasteiger partial charge in [-0.2, -0.15) is 5.10 Å². The summed E-state index contributed by atoms with van der Waals surface area (Å²) >= 11 is 6.67. The van der Waals surface area contributed by atoms with E-state index >= 15 is 0 Å². The van der Waals surface area contributed by atoms with Crippen LogP contribution in [0.2, 0.25) is 5.15 Å². The Kier molecular flexibility index (Phi) is 5.28. The average molecular weight is 349 g/mol. The van der Waals surface area contributed by atoms with Gasteiger partial charge in [0.05, 0.1) is 29.1 Å². The molecule has 0 radical (unpaired) electrons. The van der Waals surface area contributed by atoms with Gasteiger partial charge in [-0.3, -0.25) is 0 Å². The highest BCUT2D eigenvalue weighted by Crippen LogP contribution is 2.25. The maximum Gasteiger partial charge on any atom is 0.142 e. The van der Waals surface area contributed by atoms with Crippen molar-refractivity contribution in [2.24, 2.45) is 0 Å². The molecule has 0 atom stereocenters. The number of halogens is 1. The van der Waals surface area contributed by atoms with E-state index in [9.17, 15) is 5.11 Å². The number of benzene rings is 1. The van der Waals surface area contributed by atoms with Crippen molar-refractivity contribution in [2.45, 2.75) is 65.1 Å². The summed E-state index contributed by atoms with van der Waals surface area (Å²) in [6, 6.07) is 6.92. The van der Waals surface area contributed by atoms with Crippen LogP contribution in [0.3, 0.4) is 0 Å². The molecule has 0 unspecified atom stereocenters. The van der Waals surface area contributed by atoms with E-state index in [0.717, 1.165) is 49.2 Å². The van der Waals surface area contributed by atoms with Crippen LogP contribution in [0, 0.1) is 20.8 Å². The van der Waals surface area contributed by atoms with E-state index in [1.807, 2.05) is 11.6 Å². The highest BCUT2D eigenvalue weighted by Gasteiger charge is 2.23. The van der Waals surface area contributed by atoms with Crippen LogP contribution in [-0.4, -0.2) is 27.0 Å². The standard InChI is InChI=1S/C19H26ClN3O/c1-12-4-5-13(2)18(10-12)23-19(20)17(14(3)22-23)11-21-15-6-8-16(24)9-7-15/h4-5,10,15-16,21,24H,6-9,11H2,1-3H3/p+1. The van der Waals surface area contributed by atoms with Gasteiger partial charge in [0.15, 0.2) is 0 Å². The second-order valence-corrected chi connectivity index (χ2v) is 7.42. The van der Waals surface area contributed by atoms with E-state index in [0.29, 0.717) is 11.2 Å². The molecule has 1 saturated carbocycles. The maximum atomic E-state index is 9.63. The number of hydrogen-bond donors (Lipinski definition) is 2. The number of aromatic nitrogens is 2. The van der Waals surface area contributed by atoms with Gasteiger partial charge in [-0.15, -0.1) is 0 Å². The van der Waals surface area contributed by atoms with Crippen molar-refractivity contribution in [1.29, 1.82) is 0 Å². The number of nitrogens with zero attached hydrogens (tertiary/aromatic N) is 2. The number of rotatable bonds is 4. The zero-order valence-electron chi connectivity index (χ0n) is 14.7. The summed E-state index contributed by atoms with van der Waals surface area (Å²) in [6.07, 6.45) is 3.86. The van der Waals surface area contributed by atoms with E-state index in [1.165, 1.54) is 11.1 Å². The second kappa shape index (κ2) is 7.26. The Morgan fingerprint density at radius 3 is 2.62 bits per heavy atom. The lowest BCUT2D eigenvalue weighted by atomic mass is 9.93. The molecular formula is C19H27ClN3O+. The molecule has 3 rings (SSSR count). The predicted octanol–water partition coefficient (Wildman–Crippen LogP) is 2.82. The van der Waals surface area contributed by atoms with E-state index in [-0.39, 0.29) is 6.10 Å². The van der Waals surface area contributed by atoms with Crippen molar-refractivity contribution < 1.29 is 10.4 Å². The Morgan fingerprint density at radius 2 is 1.92 bits per heavy atom. The summed E-state index contributed by atoms with van der Waals surface area (Å²) in [5, 5.41) is 17.4. The Hall–Kier alpha value is -1.36. The quantitative estimate of drug-likeness (QED) is 0.892. The fourth-order valence-corrected chi connectivity index (χ4v) is 3.84. The van der Waals surface area contributed by atoms with Gasteiger partial charge in [-0.25, -0.2) is 4.68 Å². The second-order valence-electron chi connectivity index (χ2n) is 7.06. The lowest BCUT2D eigenvalue weighted by Crippen LogP contribution is -2.89. The molecule has 1 aromatic heterocycles. The van der Waals surface area contributed by atoms with Gasteiger partial charge in [0.2, 0.25) is 0 Å². The number of aliphatic hydroxyl groups excluding tert-OH is 1. The molecule has 1 fully saturated rings. The minimum Gasteiger partial charge on any atom is -0.393 e. The Balaban J connectivity index is 1.78. The highest BCUT2D eigenvalue weighted by atomic mass is 35.5. The average Bonchev–Trinajstić information content (AvgIpc) is 2.84. The van der Waals surface area contributed by atoms with Crippen molar-refractivity contribution in [2.75, 3.05) is 0 Å². The molecule has 4 nitrogen and oxygen atoms in total. The van der Waals surface area contributed by atoms with Crippen molar-refractivity contribution in [3.05, 3.63) is 45.7 Å². The number of hydrogen-bond acceptors (Lipinski definition) is 2. The fraction of sp³-hybridized carbons (Fsp3) is 0.526. The first kappa shape index (κ1) is 17.5. The number of aryl methyl sites for hydroxylation is 3. The summed E-state index contributed by atoms with van der Waals surface area (Å²) < 4.78 is 1.87. The molecule has 0 saturated heterocycles. The van der Waals surface area contributed by atoms with Gasteiger partial charge in [0.1, 0.15) is 11.7 Å². The van der Waals surface area contributed by atoms with Gasteiger partial charge < -0.3 is 10.4 Å². The molecule has 24 heavy (non-hydrogen) atoms. The van der Waals surface area contributed by atoms with Crippen molar-refractivity contribution in [3.8, 4) is 5.69 Å². The molecule has 5 heteroatoms. The molecule has 3 N–H and O–H groups in total. The van der Waals surface area contributed by atoms with Gasteiger partial charge in [0, 0.05) is 12.8 Å². The SMILES string of the molecule is Cc1ccc(C)c(-n2nc(C)c(C[NH2+]C3CCC(O)CC3)c2Cl)c1. The van der Waals surface area contributed by atoms with Crippen LogP contribution in [0.1, 0.15) is 48.1 Å². The summed E-state index contributed by atoms with van der Waals surface area (Å²) in [5.74, 6) is 0. The molecule has 1 aromatic carbocycles. The number of nitrogens with two attached hydrogens (primary N) is 1. The first-order chi connectivity index (χ1) is 11.5. The third-order valence-corrected chi connectivity index (χ3v) is 5.50. The molecule has 0 bridgehead atoms. The smallest absolute Gasteiger partial charge is 0.142 e. The molecule has 2 aromatic rings. The molecule has 1 aliphatic carbocycles. The fourth-order valence-electron chi connectivity index (χ4n) is 3.49. The van der Waals surface area contributed by atoms with E-state index in [2.05, 4.69) is 42.5 Å². The van der Waals surface area contributed by atoms with Gasteiger partial charge in [0.25, 0.3) is 0 Å². The van der Waals surface area contributed by atoms with Crippen molar-refractivity contribution in [3.63, 3.8) is 0 Å². The lowest BCUT2D eigenvalue weighted by Gasteiger charge is -2.23.